The van der Waals surface area contributed by atoms with Crippen LogP contribution in [0, 0.1) is 0 Å². The molecule has 0 amide bonds. The minimum absolute atomic E-state index is 1.20. The second-order valence-electron chi connectivity index (χ2n) is 6.85. The van der Waals surface area contributed by atoms with Crippen LogP contribution >= 0.6 is 0 Å². The van der Waals surface area contributed by atoms with E-state index >= 15 is 0 Å². The molecule has 2 aromatic carbocycles. The van der Waals surface area contributed by atoms with Crippen LogP contribution in [-0.4, -0.2) is 13.1 Å². The van der Waals surface area contributed by atoms with Gasteiger partial charge in [0.2, 0.25) is 11.2 Å². The number of pyridine rings is 1. The molecule has 3 aromatic rings. The maximum atomic E-state index is 2.50. The van der Waals surface area contributed by atoms with E-state index in [1.807, 2.05) is 0 Å². The number of fused-ring (bicyclic) bond motifs is 1. The lowest BCUT2D eigenvalue weighted by molar-refractivity contribution is -0.646. The second-order valence-corrected chi connectivity index (χ2v) is 6.85. The summed E-state index contributed by atoms with van der Waals surface area (Å²) in [7, 11) is 2.13. The lowest BCUT2D eigenvalue weighted by Gasteiger charge is -2.28. The van der Waals surface area contributed by atoms with Crippen molar-refractivity contribution in [3.63, 3.8) is 0 Å². The molecule has 2 nitrogen and oxygen atoms in total. The third-order valence-corrected chi connectivity index (χ3v) is 5.18. The summed E-state index contributed by atoms with van der Waals surface area (Å²) in [4.78, 5) is 2.50. The van der Waals surface area contributed by atoms with Crippen molar-refractivity contribution in [1.82, 2.24) is 0 Å². The predicted molar refractivity (Wildman–Crippen MR) is 107 cm³/mol. The standard InChI is InChI=1S/C23H25N2/c1-24-21(16-12-20-7-3-4-8-23(20)24)13-9-19-10-14-22(15-11-19)25-17-5-2-6-18-25/h3-4,7-16H,2,5-6,17-18H2,1H3/q+1. The van der Waals surface area contributed by atoms with Crippen LogP contribution in [0.5, 0.6) is 0 Å². The van der Waals surface area contributed by atoms with E-state index in [1.165, 1.54) is 60.2 Å². The van der Waals surface area contributed by atoms with Crippen molar-refractivity contribution in [2.45, 2.75) is 19.3 Å². The number of hydrogen-bond donors (Lipinski definition) is 0. The fourth-order valence-electron chi connectivity index (χ4n) is 3.66. The first kappa shape index (κ1) is 15.9. The fourth-order valence-corrected chi connectivity index (χ4v) is 3.66. The zero-order valence-electron chi connectivity index (χ0n) is 14.9. The molecule has 0 spiro atoms. The Morgan fingerprint density at radius 1 is 0.800 bits per heavy atom. The summed E-state index contributed by atoms with van der Waals surface area (Å²) in [5, 5.41) is 1.27. The molecule has 126 valence electrons. The number of aromatic nitrogens is 1. The third-order valence-electron chi connectivity index (χ3n) is 5.18. The highest BCUT2D eigenvalue weighted by molar-refractivity contribution is 5.77. The zero-order valence-corrected chi connectivity index (χ0v) is 14.9. The molecule has 0 aliphatic carbocycles. The molecule has 1 saturated heterocycles. The molecule has 25 heavy (non-hydrogen) atoms. The Bertz CT molecular complexity index is 888. The Labute approximate surface area is 150 Å². The largest absolute Gasteiger partial charge is 0.372 e. The molecule has 4 rings (SSSR count). The number of piperidine rings is 1. The van der Waals surface area contributed by atoms with Crippen LogP contribution in [0.1, 0.15) is 30.5 Å². The number of hydrogen-bond acceptors (Lipinski definition) is 1. The van der Waals surface area contributed by atoms with Crippen LogP contribution in [-0.2, 0) is 7.05 Å². The normalized spacial score (nSPS) is 15.2. The number of nitrogens with zero attached hydrogens (tertiary/aromatic N) is 2. The minimum Gasteiger partial charge on any atom is -0.372 e. The second kappa shape index (κ2) is 7.10. The van der Waals surface area contributed by atoms with E-state index in [0.29, 0.717) is 0 Å². The molecule has 0 saturated carbocycles. The number of anilines is 1. The van der Waals surface area contributed by atoms with E-state index in [1.54, 1.807) is 0 Å². The topological polar surface area (TPSA) is 7.12 Å². The molecule has 0 bridgehead atoms. The molecule has 2 heterocycles. The maximum Gasteiger partial charge on any atom is 0.212 e. The Morgan fingerprint density at radius 2 is 1.56 bits per heavy atom. The fraction of sp³-hybridized carbons (Fsp3) is 0.261. The van der Waals surface area contributed by atoms with E-state index in [2.05, 4.69) is 89.3 Å². The van der Waals surface area contributed by atoms with E-state index in [4.69, 9.17) is 0 Å². The first-order valence-electron chi connectivity index (χ1n) is 9.22. The molecule has 0 unspecified atom stereocenters. The molecule has 1 aliphatic heterocycles. The van der Waals surface area contributed by atoms with Crippen LogP contribution < -0.4 is 9.47 Å². The SMILES string of the molecule is C[n+]1c(/C=C/c2ccc(N3CCCCC3)cc2)ccc2ccccc21. The van der Waals surface area contributed by atoms with Gasteiger partial charge in [-0.2, -0.15) is 4.57 Å². The number of para-hydroxylation sites is 1. The van der Waals surface area contributed by atoms with Gasteiger partial charge in [-0.05, 0) is 55.2 Å². The van der Waals surface area contributed by atoms with Crippen molar-refractivity contribution in [2.24, 2.45) is 7.05 Å². The van der Waals surface area contributed by atoms with Crippen molar-refractivity contribution < 1.29 is 4.57 Å². The summed E-state index contributed by atoms with van der Waals surface area (Å²) in [6, 6.07) is 21.8. The Balaban J connectivity index is 1.54. The zero-order chi connectivity index (χ0) is 17.1. The number of rotatable bonds is 3. The van der Waals surface area contributed by atoms with Crippen LogP contribution in [0.4, 0.5) is 5.69 Å². The van der Waals surface area contributed by atoms with E-state index in [-0.39, 0.29) is 0 Å². The van der Waals surface area contributed by atoms with Gasteiger partial charge >= 0.3 is 0 Å². The molecule has 0 atom stereocenters. The Morgan fingerprint density at radius 3 is 2.36 bits per heavy atom. The summed E-state index contributed by atoms with van der Waals surface area (Å²) < 4.78 is 2.24. The molecule has 1 aliphatic rings. The van der Waals surface area contributed by atoms with Crippen molar-refractivity contribution in [2.75, 3.05) is 18.0 Å². The Hall–Kier alpha value is -2.61. The number of benzene rings is 2. The first-order chi connectivity index (χ1) is 12.3. The minimum atomic E-state index is 1.20. The average molecular weight is 329 g/mol. The number of aryl methyl sites for hydroxylation is 1. The molecule has 0 radical (unpaired) electrons. The Kier molecular flexibility index (Phi) is 4.51. The highest BCUT2D eigenvalue weighted by Gasteiger charge is 2.10. The molecular formula is C23H25N2+. The third kappa shape index (κ3) is 3.43. The lowest BCUT2D eigenvalue weighted by Crippen LogP contribution is -2.32. The lowest BCUT2D eigenvalue weighted by atomic mass is 10.1. The summed E-state index contributed by atoms with van der Waals surface area (Å²) >= 11 is 0. The van der Waals surface area contributed by atoms with Gasteiger partial charge < -0.3 is 4.90 Å². The van der Waals surface area contributed by atoms with Gasteiger partial charge in [0.05, 0.1) is 0 Å². The van der Waals surface area contributed by atoms with Gasteiger partial charge in [0.15, 0.2) is 0 Å². The van der Waals surface area contributed by atoms with Gasteiger partial charge in [-0.25, -0.2) is 0 Å². The van der Waals surface area contributed by atoms with Crippen molar-refractivity contribution in [3.8, 4) is 0 Å². The smallest absolute Gasteiger partial charge is 0.212 e. The quantitative estimate of drug-likeness (QED) is 0.625. The predicted octanol–water partition coefficient (Wildman–Crippen LogP) is 4.83. The van der Waals surface area contributed by atoms with E-state index in [0.717, 1.165) is 0 Å². The monoisotopic (exact) mass is 329 g/mol. The van der Waals surface area contributed by atoms with Gasteiger partial charge in [0.25, 0.3) is 0 Å². The maximum absolute atomic E-state index is 2.50. The summed E-state index contributed by atoms with van der Waals surface area (Å²) in [5.74, 6) is 0. The van der Waals surface area contributed by atoms with Gasteiger partial charge in [0, 0.05) is 42.4 Å². The van der Waals surface area contributed by atoms with Gasteiger partial charge in [-0.3, -0.25) is 0 Å². The van der Waals surface area contributed by atoms with Gasteiger partial charge in [-0.1, -0.05) is 24.3 Å². The molecule has 1 fully saturated rings. The van der Waals surface area contributed by atoms with Gasteiger partial charge in [0.1, 0.15) is 7.05 Å². The van der Waals surface area contributed by atoms with Crippen LogP contribution in [0.25, 0.3) is 23.1 Å². The van der Waals surface area contributed by atoms with E-state index in [9.17, 15) is 0 Å². The van der Waals surface area contributed by atoms with Crippen molar-refractivity contribution in [1.29, 1.82) is 0 Å². The van der Waals surface area contributed by atoms with Crippen LogP contribution in [0.2, 0.25) is 0 Å². The van der Waals surface area contributed by atoms with Crippen molar-refractivity contribution in [3.05, 3.63) is 71.9 Å². The summed E-state index contributed by atoms with van der Waals surface area (Å²) in [5.41, 5.74) is 5.06. The van der Waals surface area contributed by atoms with Crippen LogP contribution in [0.3, 0.4) is 0 Å². The highest BCUT2D eigenvalue weighted by Crippen LogP contribution is 2.21. The van der Waals surface area contributed by atoms with Gasteiger partial charge in [-0.15, -0.1) is 0 Å². The molecule has 2 heteroatoms. The molecule has 1 aromatic heterocycles. The summed E-state index contributed by atoms with van der Waals surface area (Å²) in [6.07, 6.45) is 8.41. The summed E-state index contributed by atoms with van der Waals surface area (Å²) in [6.45, 7) is 2.39. The average Bonchev–Trinajstić information content (AvgIpc) is 2.69. The molecule has 0 N–H and O–H groups in total. The van der Waals surface area contributed by atoms with Crippen LogP contribution in [0.15, 0.2) is 60.7 Å². The highest BCUT2D eigenvalue weighted by atomic mass is 15.1. The first-order valence-corrected chi connectivity index (χ1v) is 9.22. The van der Waals surface area contributed by atoms with E-state index < -0.39 is 0 Å². The van der Waals surface area contributed by atoms with Crippen molar-refractivity contribution >= 4 is 28.7 Å². The molecular weight excluding hydrogens is 304 g/mol.